The molecule has 2 aromatic carbocycles. The van der Waals surface area contributed by atoms with E-state index in [-0.39, 0.29) is 81.5 Å². The van der Waals surface area contributed by atoms with Crippen LogP contribution in [0.15, 0.2) is 60.8 Å². The third-order valence-electron chi connectivity index (χ3n) is 14.5. The molecule has 2 saturated heterocycles. The fourth-order valence-electron chi connectivity index (χ4n) is 10.2. The van der Waals surface area contributed by atoms with Gasteiger partial charge in [-0.2, -0.15) is 25.3 Å². The Labute approximate surface area is 493 Å². The number of aromatic amines is 1. The topological polar surface area (TPSA) is 397 Å². The molecular formula is C55H81N15O11S2. The van der Waals surface area contributed by atoms with Gasteiger partial charge < -0.3 is 79.2 Å². The smallest absolute Gasteiger partial charge is 0.246 e. The minimum atomic E-state index is -1.58. The van der Waals surface area contributed by atoms with Crippen LogP contribution in [0.5, 0.6) is 0 Å². The maximum Gasteiger partial charge on any atom is 0.246 e. The fourth-order valence-corrected chi connectivity index (χ4v) is 10.7. The van der Waals surface area contributed by atoms with E-state index in [1.165, 1.54) is 23.8 Å². The molecule has 10 amide bonds. The third-order valence-corrected chi connectivity index (χ3v) is 15.1. The number of guanidine groups is 1. The van der Waals surface area contributed by atoms with Gasteiger partial charge in [-0.1, -0.05) is 48.5 Å². The first-order valence-electron chi connectivity index (χ1n) is 28.0. The molecule has 3 heterocycles. The van der Waals surface area contributed by atoms with Crippen molar-refractivity contribution in [1.82, 2.24) is 62.6 Å². The van der Waals surface area contributed by atoms with E-state index in [2.05, 4.69) is 78.1 Å². The highest BCUT2D eigenvalue weighted by Gasteiger charge is 2.44. The first-order chi connectivity index (χ1) is 39.8. The van der Waals surface area contributed by atoms with Crippen molar-refractivity contribution < 1.29 is 53.1 Å². The van der Waals surface area contributed by atoms with Crippen molar-refractivity contribution in [3.8, 4) is 0 Å². The van der Waals surface area contributed by atoms with Gasteiger partial charge in [0.2, 0.25) is 59.1 Å². The highest BCUT2D eigenvalue weighted by molar-refractivity contribution is 7.80. The van der Waals surface area contributed by atoms with Crippen LogP contribution in [0.1, 0.15) is 82.3 Å². The second-order valence-electron chi connectivity index (χ2n) is 20.5. The highest BCUT2D eigenvalue weighted by atomic mass is 32.1. The Morgan fingerprint density at radius 3 is 1.84 bits per heavy atom. The number of hydrogen-bond acceptors (Lipinski definition) is 15. The number of aliphatic hydroxyl groups excluding tert-OH is 1. The lowest BCUT2D eigenvalue weighted by molar-refractivity contribution is -0.148. The Morgan fingerprint density at radius 1 is 0.663 bits per heavy atom. The summed E-state index contributed by atoms with van der Waals surface area (Å²) in [5.74, 6) is -7.09. The molecule has 0 aliphatic carbocycles. The van der Waals surface area contributed by atoms with Crippen LogP contribution in [-0.2, 0) is 60.8 Å². The number of likely N-dealkylation sites (tertiary alicyclic amines) is 2. The fraction of sp³-hybridized carbons (Fsp3) is 0.545. The Morgan fingerprint density at radius 2 is 1.22 bits per heavy atom. The van der Waals surface area contributed by atoms with Crippen molar-refractivity contribution in [2.75, 3.05) is 51.3 Å². The number of nitrogens with zero attached hydrogens (tertiary/aromatic N) is 2. The van der Waals surface area contributed by atoms with Gasteiger partial charge in [-0.3, -0.25) is 53.4 Å². The molecule has 0 unspecified atom stereocenters. The zero-order valence-corrected chi connectivity index (χ0v) is 48.7. The molecule has 2 fully saturated rings. The van der Waals surface area contributed by atoms with Crippen LogP contribution in [0.25, 0.3) is 10.9 Å². The molecule has 83 heavy (non-hydrogen) atoms. The van der Waals surface area contributed by atoms with Crippen LogP contribution in [0, 0.1) is 5.41 Å². The molecule has 2 aliphatic heterocycles. The number of thiol groups is 2. The Bertz CT molecular complexity index is 2740. The number of para-hydroxylation sites is 1. The SMILES string of the molecule is CNC(=O)[C@H](CCCCN)NC(=O)[C@@H]1CCCN1C(=O)[C@@H]1CCCN1C(=O)[C@H](CS)NC(=O)[C@H](Cc1c[nH]c2ccccc12)NC(=O)[C@H](CCCNC(=N)N)NC(=O)[C@@H](Cc1ccccc1)NC(=O)[C@H](CO)NC(=O)[C@H](CCS)NC(C)=O. The number of nitrogens with two attached hydrogens (primary N) is 2. The summed E-state index contributed by atoms with van der Waals surface area (Å²) in [6, 6.07) is 4.89. The molecule has 26 nitrogen and oxygen atoms in total. The molecule has 5 rings (SSSR count). The number of fused-ring (bicyclic) bond motifs is 1. The molecule has 16 N–H and O–H groups in total. The van der Waals surface area contributed by atoms with Gasteiger partial charge in [-0.15, -0.1) is 0 Å². The van der Waals surface area contributed by atoms with Gasteiger partial charge in [0, 0.05) is 69.3 Å². The number of benzene rings is 2. The summed E-state index contributed by atoms with van der Waals surface area (Å²) in [5, 5.41) is 42.5. The predicted octanol–water partition coefficient (Wildman–Crippen LogP) is -2.27. The van der Waals surface area contributed by atoms with E-state index in [1.807, 2.05) is 18.2 Å². The molecule has 9 atom stereocenters. The molecule has 0 saturated carbocycles. The summed E-state index contributed by atoms with van der Waals surface area (Å²) < 4.78 is 0. The summed E-state index contributed by atoms with van der Waals surface area (Å²) >= 11 is 8.62. The van der Waals surface area contributed by atoms with Crippen LogP contribution in [-0.4, -0.2) is 191 Å². The van der Waals surface area contributed by atoms with Crippen molar-refractivity contribution in [3.63, 3.8) is 0 Å². The van der Waals surface area contributed by atoms with E-state index in [1.54, 1.807) is 42.6 Å². The van der Waals surface area contributed by atoms with Gasteiger partial charge in [0.15, 0.2) is 5.96 Å². The predicted molar refractivity (Wildman–Crippen MR) is 316 cm³/mol. The second kappa shape index (κ2) is 33.6. The van der Waals surface area contributed by atoms with E-state index in [0.29, 0.717) is 56.2 Å². The number of nitrogens with one attached hydrogen (secondary N) is 11. The number of unbranched alkanes of at least 4 members (excludes halogenated alkanes) is 1. The summed E-state index contributed by atoms with van der Waals surface area (Å²) in [6.45, 7) is 1.24. The average Bonchev–Trinajstić information content (AvgIpc) is 4.10. The van der Waals surface area contributed by atoms with Crippen LogP contribution in [0.4, 0.5) is 0 Å². The number of likely N-dealkylation sites (N-methyl/N-ethyl adjacent to an activating group) is 1. The molecule has 1 aromatic heterocycles. The third kappa shape index (κ3) is 19.6. The number of carbonyl (C=O) groups excluding carboxylic acids is 10. The van der Waals surface area contributed by atoms with Crippen molar-refractivity contribution in [2.45, 2.75) is 138 Å². The lowest BCUT2D eigenvalue weighted by atomic mass is 10.0. The monoisotopic (exact) mass is 1190 g/mol. The van der Waals surface area contributed by atoms with E-state index in [0.717, 1.165) is 10.9 Å². The molecule has 0 bridgehead atoms. The number of carbonyl (C=O) groups is 10. The van der Waals surface area contributed by atoms with Gasteiger partial charge >= 0.3 is 0 Å². The normalized spacial score (nSPS) is 17.3. The summed E-state index contributed by atoms with van der Waals surface area (Å²) in [7, 11) is 1.47. The van der Waals surface area contributed by atoms with Gasteiger partial charge in [-0.25, -0.2) is 0 Å². The van der Waals surface area contributed by atoms with Crippen molar-refractivity contribution in [3.05, 3.63) is 71.9 Å². The molecule has 0 spiro atoms. The van der Waals surface area contributed by atoms with Gasteiger partial charge in [0.25, 0.3) is 0 Å². The van der Waals surface area contributed by atoms with E-state index in [4.69, 9.17) is 16.9 Å². The Hall–Kier alpha value is -7.43. The lowest BCUT2D eigenvalue weighted by Gasteiger charge is -2.33. The number of aromatic nitrogens is 1. The number of hydrogen-bond donors (Lipinski definition) is 16. The summed E-state index contributed by atoms with van der Waals surface area (Å²) in [5.41, 5.74) is 13.1. The second-order valence-corrected chi connectivity index (χ2v) is 21.3. The first-order valence-corrected chi connectivity index (χ1v) is 29.2. The van der Waals surface area contributed by atoms with Crippen molar-refractivity contribution >= 4 is 101 Å². The van der Waals surface area contributed by atoms with Crippen molar-refractivity contribution in [2.24, 2.45) is 11.5 Å². The quantitative estimate of drug-likeness (QED) is 0.0136. The number of H-pyrrole nitrogens is 1. The molecule has 2 aliphatic rings. The van der Waals surface area contributed by atoms with E-state index in [9.17, 15) is 53.1 Å². The zero-order chi connectivity index (χ0) is 60.6. The van der Waals surface area contributed by atoms with Crippen molar-refractivity contribution in [1.29, 1.82) is 5.41 Å². The molecular weight excluding hydrogens is 1110 g/mol. The van der Waals surface area contributed by atoms with Gasteiger partial charge in [0.05, 0.1) is 6.61 Å². The largest absolute Gasteiger partial charge is 0.394 e. The molecule has 28 heteroatoms. The molecule has 3 aromatic rings. The first kappa shape index (κ1) is 66.4. The summed E-state index contributed by atoms with van der Waals surface area (Å²) in [4.78, 5) is 144. The minimum absolute atomic E-state index is 0.0914. The van der Waals surface area contributed by atoms with Gasteiger partial charge in [0.1, 0.15) is 54.4 Å². The molecule has 0 radical (unpaired) electrons. The Balaban J connectivity index is 1.39. The minimum Gasteiger partial charge on any atom is -0.394 e. The number of aliphatic hydroxyl groups is 1. The summed E-state index contributed by atoms with van der Waals surface area (Å²) in [6.07, 6.45) is 4.76. The molecule has 454 valence electrons. The zero-order valence-electron chi connectivity index (χ0n) is 46.9. The lowest BCUT2D eigenvalue weighted by Crippen LogP contribution is -2.61. The Kier molecular flexibility index (Phi) is 26.9. The standard InChI is InChI=1S/C55H81N15O11S2/c1-32(72)62-39(21-26-82)48(75)67-42(30-71)51(78)65-40(27-33-13-4-3-5-14-33)49(76)63-38(18-10-23-60-55(57)58)47(74)66-41(28-34-29-61-36-16-7-6-15-35(34)36)50(77)68-43(31-83)53(80)70-25-12-20-45(70)54(81)69-24-11-19-44(69)52(79)64-37(46(73)59-2)17-8-9-22-56/h3-7,13-16,29,37-45,61,71,82-83H,8-12,17-28,30-31,56H2,1-2H3,(H,59,73)(H,62,72)(H,63,76)(H,64,79)(H,65,78)(H,66,74)(H,67,75)(H,68,77)(H4,57,58,60)/t37-,38-,39-,40+,41-,42-,43-,44-,45-/m0/s1. The maximum atomic E-state index is 14.8. The van der Waals surface area contributed by atoms with E-state index < -0.39 is 114 Å². The van der Waals surface area contributed by atoms with Crippen LogP contribution >= 0.6 is 25.3 Å². The van der Waals surface area contributed by atoms with E-state index >= 15 is 0 Å². The average molecular weight is 1190 g/mol. The maximum absolute atomic E-state index is 14.8. The highest BCUT2D eigenvalue weighted by Crippen LogP contribution is 2.27. The van der Waals surface area contributed by atoms with Crippen LogP contribution in [0.2, 0.25) is 0 Å². The number of amides is 10. The van der Waals surface area contributed by atoms with Crippen LogP contribution in [0.3, 0.4) is 0 Å². The van der Waals surface area contributed by atoms with Gasteiger partial charge in [-0.05, 0) is 93.7 Å². The van der Waals surface area contributed by atoms with Crippen LogP contribution < -0.4 is 59.3 Å². The number of rotatable bonds is 32.